The smallest absolute Gasteiger partial charge is 0.225 e. The lowest BCUT2D eigenvalue weighted by Gasteiger charge is -2.36. The van der Waals surface area contributed by atoms with Crippen LogP contribution in [-0.2, 0) is 6.54 Å². The maximum absolute atomic E-state index is 6.21. The van der Waals surface area contributed by atoms with E-state index in [1.165, 1.54) is 10.2 Å². The summed E-state index contributed by atoms with van der Waals surface area (Å²) in [4.78, 5) is 18.6. The number of imidazole rings is 1. The van der Waals surface area contributed by atoms with E-state index in [0.717, 1.165) is 58.0 Å². The summed E-state index contributed by atoms with van der Waals surface area (Å²) in [5.41, 5.74) is 9.41. The highest BCUT2D eigenvalue weighted by molar-refractivity contribution is 5.87. The van der Waals surface area contributed by atoms with E-state index in [9.17, 15) is 0 Å². The zero-order valence-electron chi connectivity index (χ0n) is 20.2. The molecule has 0 bridgehead atoms. The zero-order chi connectivity index (χ0) is 24.5. The van der Waals surface area contributed by atoms with Crippen LogP contribution in [0.3, 0.4) is 0 Å². The van der Waals surface area contributed by atoms with Crippen LogP contribution in [0, 0.1) is 0 Å². The Bertz CT molecular complexity index is 1450. The molecule has 1 aliphatic heterocycles. The minimum absolute atomic E-state index is 0.268. The molecule has 1 fully saturated rings. The van der Waals surface area contributed by atoms with Gasteiger partial charge in [0.25, 0.3) is 0 Å². The Labute approximate surface area is 208 Å². The van der Waals surface area contributed by atoms with E-state index in [0.29, 0.717) is 28.4 Å². The number of rotatable bonds is 8. The van der Waals surface area contributed by atoms with E-state index in [1.807, 2.05) is 10.6 Å². The molecule has 2 N–H and O–H groups in total. The molecule has 0 saturated carbocycles. The Hall–Kier alpha value is -4.12. The first-order valence-corrected chi connectivity index (χ1v) is 12.3. The summed E-state index contributed by atoms with van der Waals surface area (Å²) in [5.74, 6) is 2.23. The number of aromatic nitrogens is 6. The lowest BCUT2D eigenvalue weighted by molar-refractivity contribution is 0.249. The van der Waals surface area contributed by atoms with Crippen molar-refractivity contribution in [2.24, 2.45) is 0 Å². The minimum atomic E-state index is 0.268. The summed E-state index contributed by atoms with van der Waals surface area (Å²) in [6, 6.07) is 12.0. The molecular formula is C25H29N9O2. The predicted molar refractivity (Wildman–Crippen MR) is 137 cm³/mol. The van der Waals surface area contributed by atoms with Gasteiger partial charge in [0.05, 0.1) is 19.2 Å². The molecule has 6 rings (SSSR count). The van der Waals surface area contributed by atoms with Crippen LogP contribution in [-0.4, -0.2) is 73.4 Å². The summed E-state index contributed by atoms with van der Waals surface area (Å²) in [6.45, 7) is 8.50. The molecule has 0 unspecified atom stereocenters. The van der Waals surface area contributed by atoms with Gasteiger partial charge in [-0.1, -0.05) is 6.92 Å². The van der Waals surface area contributed by atoms with Gasteiger partial charge in [0, 0.05) is 45.0 Å². The Morgan fingerprint density at radius 3 is 2.58 bits per heavy atom. The molecule has 5 heterocycles. The van der Waals surface area contributed by atoms with Gasteiger partial charge >= 0.3 is 0 Å². The number of furan rings is 1. The maximum Gasteiger partial charge on any atom is 0.225 e. The Morgan fingerprint density at radius 1 is 1.00 bits per heavy atom. The van der Waals surface area contributed by atoms with Crippen LogP contribution >= 0.6 is 0 Å². The fraction of sp³-hybridized carbons (Fsp3) is 0.360. The molecule has 5 aromatic rings. The molecule has 0 spiro atoms. The van der Waals surface area contributed by atoms with Crippen molar-refractivity contribution in [1.29, 1.82) is 0 Å². The Balaban J connectivity index is 1.11. The SMILES string of the molecule is CCCOc1ccc(N2CCN(CCn3cnc4c3nc(N)n3nc(-c5ccco5)nc43)CC2)cc1. The van der Waals surface area contributed by atoms with Crippen LogP contribution < -0.4 is 15.4 Å². The van der Waals surface area contributed by atoms with E-state index in [4.69, 9.17) is 14.9 Å². The van der Waals surface area contributed by atoms with Gasteiger partial charge in [-0.25, -0.2) is 9.97 Å². The van der Waals surface area contributed by atoms with Crippen molar-refractivity contribution in [1.82, 2.24) is 34.0 Å². The molecule has 0 amide bonds. The van der Waals surface area contributed by atoms with E-state index in [2.05, 4.69) is 61.0 Å². The second-order valence-electron chi connectivity index (χ2n) is 8.90. The van der Waals surface area contributed by atoms with Crippen LogP contribution in [0.2, 0.25) is 0 Å². The second kappa shape index (κ2) is 9.50. The normalized spacial score (nSPS) is 14.8. The van der Waals surface area contributed by atoms with Crippen molar-refractivity contribution in [3.63, 3.8) is 0 Å². The van der Waals surface area contributed by atoms with Crippen LogP contribution in [0.5, 0.6) is 5.75 Å². The number of fused-ring (bicyclic) bond motifs is 3. The lowest BCUT2D eigenvalue weighted by atomic mass is 10.2. The van der Waals surface area contributed by atoms with E-state index < -0.39 is 0 Å². The summed E-state index contributed by atoms with van der Waals surface area (Å²) in [5, 5.41) is 4.44. The molecule has 1 aliphatic rings. The van der Waals surface area contributed by atoms with Gasteiger partial charge in [0.2, 0.25) is 11.8 Å². The first kappa shape index (κ1) is 22.4. The van der Waals surface area contributed by atoms with Crippen LogP contribution in [0.1, 0.15) is 13.3 Å². The van der Waals surface area contributed by atoms with Gasteiger partial charge in [-0.3, -0.25) is 4.90 Å². The maximum atomic E-state index is 6.21. The first-order valence-electron chi connectivity index (χ1n) is 12.3. The van der Waals surface area contributed by atoms with Gasteiger partial charge < -0.3 is 24.4 Å². The number of ether oxygens (including phenoxy) is 1. The number of benzene rings is 1. The number of anilines is 2. The number of nitrogens with two attached hydrogens (primary N) is 1. The fourth-order valence-corrected chi connectivity index (χ4v) is 4.56. The number of hydrogen-bond donors (Lipinski definition) is 1. The molecule has 186 valence electrons. The molecule has 1 aromatic carbocycles. The van der Waals surface area contributed by atoms with Crippen LogP contribution in [0.15, 0.2) is 53.4 Å². The summed E-state index contributed by atoms with van der Waals surface area (Å²) in [7, 11) is 0. The third-order valence-corrected chi connectivity index (χ3v) is 6.51. The van der Waals surface area contributed by atoms with Crippen molar-refractivity contribution in [2.75, 3.05) is 50.0 Å². The van der Waals surface area contributed by atoms with Gasteiger partial charge in [-0.05, 0) is 42.8 Å². The van der Waals surface area contributed by atoms with Crippen molar-refractivity contribution in [3.05, 3.63) is 49.0 Å². The van der Waals surface area contributed by atoms with Gasteiger partial charge in [0.15, 0.2) is 22.6 Å². The lowest BCUT2D eigenvalue weighted by Crippen LogP contribution is -2.47. The molecule has 0 atom stereocenters. The molecule has 1 saturated heterocycles. The van der Waals surface area contributed by atoms with Crippen molar-refractivity contribution in [2.45, 2.75) is 19.9 Å². The minimum Gasteiger partial charge on any atom is -0.494 e. The number of hydrogen-bond acceptors (Lipinski definition) is 9. The highest BCUT2D eigenvalue weighted by Crippen LogP contribution is 2.24. The van der Waals surface area contributed by atoms with Crippen molar-refractivity contribution >= 4 is 28.4 Å². The third kappa shape index (κ3) is 4.22. The highest BCUT2D eigenvalue weighted by atomic mass is 16.5. The molecular weight excluding hydrogens is 458 g/mol. The topological polar surface area (TPSA) is 116 Å². The van der Waals surface area contributed by atoms with Crippen molar-refractivity contribution < 1.29 is 9.15 Å². The van der Waals surface area contributed by atoms with E-state index in [1.54, 1.807) is 18.7 Å². The van der Waals surface area contributed by atoms with Gasteiger partial charge in [-0.15, -0.1) is 5.10 Å². The summed E-state index contributed by atoms with van der Waals surface area (Å²) >= 11 is 0. The predicted octanol–water partition coefficient (Wildman–Crippen LogP) is 2.93. The third-order valence-electron chi connectivity index (χ3n) is 6.51. The average molecular weight is 488 g/mol. The molecule has 4 aromatic heterocycles. The summed E-state index contributed by atoms with van der Waals surface area (Å²) in [6.07, 6.45) is 4.41. The number of nitrogens with zero attached hydrogens (tertiary/aromatic N) is 8. The monoisotopic (exact) mass is 487 g/mol. The van der Waals surface area contributed by atoms with Gasteiger partial charge in [0.1, 0.15) is 5.75 Å². The number of nitrogen functional groups attached to an aromatic ring is 1. The zero-order valence-corrected chi connectivity index (χ0v) is 20.2. The quantitative estimate of drug-likeness (QED) is 0.353. The largest absolute Gasteiger partial charge is 0.494 e. The van der Waals surface area contributed by atoms with E-state index >= 15 is 0 Å². The standard InChI is InChI=1S/C25H29N9O2/c1-2-15-35-19-7-5-18(6-8-19)32-12-9-31(10-13-32)11-14-33-17-27-21-23(33)29-25(26)34-24(21)28-22(30-34)20-4-3-16-36-20/h3-8,16-17H,2,9-15H2,1H3,(H2,26,29). The molecule has 11 nitrogen and oxygen atoms in total. The molecule has 11 heteroatoms. The molecule has 36 heavy (non-hydrogen) atoms. The first-order chi connectivity index (χ1) is 17.7. The molecule has 0 aliphatic carbocycles. The highest BCUT2D eigenvalue weighted by Gasteiger charge is 2.20. The molecule has 0 radical (unpaired) electrons. The Morgan fingerprint density at radius 2 is 1.83 bits per heavy atom. The summed E-state index contributed by atoms with van der Waals surface area (Å²) < 4.78 is 14.7. The van der Waals surface area contributed by atoms with Crippen LogP contribution in [0.4, 0.5) is 11.6 Å². The second-order valence-corrected chi connectivity index (χ2v) is 8.90. The van der Waals surface area contributed by atoms with Crippen LogP contribution in [0.25, 0.3) is 28.4 Å². The van der Waals surface area contributed by atoms with Gasteiger partial charge in [-0.2, -0.15) is 9.50 Å². The Kier molecular flexibility index (Phi) is 5.90. The van der Waals surface area contributed by atoms with Crippen molar-refractivity contribution in [3.8, 4) is 17.3 Å². The average Bonchev–Trinajstić information content (AvgIpc) is 3.67. The number of piperazine rings is 1. The van der Waals surface area contributed by atoms with E-state index in [-0.39, 0.29) is 5.95 Å². The fourth-order valence-electron chi connectivity index (χ4n) is 4.56.